The predicted octanol–water partition coefficient (Wildman–Crippen LogP) is 5.94. The second-order valence-corrected chi connectivity index (χ2v) is 12.6. The monoisotopic (exact) mass is 633 g/mol. The Morgan fingerprint density at radius 1 is 1.00 bits per heavy atom. The van der Waals surface area contributed by atoms with E-state index in [1.165, 1.54) is 23.1 Å². The van der Waals surface area contributed by atoms with Crippen molar-refractivity contribution in [2.75, 3.05) is 10.8 Å². The molecule has 0 aliphatic carbocycles. The van der Waals surface area contributed by atoms with Crippen molar-refractivity contribution in [3.63, 3.8) is 0 Å². The number of halogens is 2. The molecule has 0 spiro atoms. The molecule has 3 rings (SSSR count). The highest BCUT2D eigenvalue weighted by molar-refractivity contribution is 9.10. The Labute approximate surface area is 244 Å². The minimum atomic E-state index is -4.15. The van der Waals surface area contributed by atoms with Gasteiger partial charge in [0.05, 0.1) is 10.6 Å². The Bertz CT molecular complexity index is 1400. The van der Waals surface area contributed by atoms with E-state index in [1.54, 1.807) is 44.2 Å². The van der Waals surface area contributed by atoms with E-state index in [9.17, 15) is 18.0 Å². The highest BCUT2D eigenvalue weighted by atomic mass is 79.9. The standard InChI is InChI=1S/C29H33BrClN3O4S/c1-5-21(3)32-29(36)22(4)33(18-23-12-14-24(30)15-13-23)28(35)19-34(27-17-25(31)16-11-20(27)2)39(37,38)26-9-7-6-8-10-26/h6-17,21-22H,5,18-19H2,1-4H3,(H,32,36)/t21-,22-/m0/s1. The molecule has 0 saturated heterocycles. The number of amides is 2. The lowest BCUT2D eigenvalue weighted by molar-refractivity contribution is -0.139. The first kappa shape index (κ1) is 30.7. The molecule has 208 valence electrons. The molecule has 2 atom stereocenters. The molecule has 0 unspecified atom stereocenters. The van der Waals surface area contributed by atoms with Gasteiger partial charge in [-0.2, -0.15) is 0 Å². The minimum Gasteiger partial charge on any atom is -0.352 e. The van der Waals surface area contributed by atoms with Gasteiger partial charge in [-0.25, -0.2) is 8.42 Å². The highest BCUT2D eigenvalue weighted by Gasteiger charge is 2.33. The van der Waals surface area contributed by atoms with Gasteiger partial charge in [-0.1, -0.05) is 70.9 Å². The molecule has 2 amide bonds. The van der Waals surface area contributed by atoms with E-state index in [0.717, 1.165) is 20.8 Å². The maximum atomic E-state index is 14.0. The summed E-state index contributed by atoms with van der Waals surface area (Å²) in [5.41, 5.74) is 1.72. The summed E-state index contributed by atoms with van der Waals surface area (Å²) >= 11 is 9.67. The zero-order chi connectivity index (χ0) is 28.7. The number of hydrogen-bond acceptors (Lipinski definition) is 4. The Kier molecular flexibility index (Phi) is 10.6. The smallest absolute Gasteiger partial charge is 0.264 e. The first-order valence-electron chi connectivity index (χ1n) is 12.6. The number of anilines is 1. The molecule has 0 aromatic heterocycles. The van der Waals surface area contributed by atoms with Crippen molar-refractivity contribution in [1.82, 2.24) is 10.2 Å². The summed E-state index contributed by atoms with van der Waals surface area (Å²) in [5.74, 6) is -0.838. The molecule has 0 radical (unpaired) electrons. The summed E-state index contributed by atoms with van der Waals surface area (Å²) in [4.78, 5) is 28.5. The van der Waals surface area contributed by atoms with Gasteiger partial charge >= 0.3 is 0 Å². The average molecular weight is 635 g/mol. The fourth-order valence-electron chi connectivity index (χ4n) is 3.92. The van der Waals surface area contributed by atoms with Crippen molar-refractivity contribution >= 4 is 55.1 Å². The molecule has 0 heterocycles. The summed E-state index contributed by atoms with van der Waals surface area (Å²) < 4.78 is 29.7. The van der Waals surface area contributed by atoms with Gasteiger partial charge in [0.15, 0.2) is 0 Å². The third-order valence-corrected chi connectivity index (χ3v) is 9.02. The number of carbonyl (C=O) groups excluding carboxylic acids is 2. The average Bonchev–Trinajstić information content (AvgIpc) is 2.92. The van der Waals surface area contributed by atoms with Crippen LogP contribution in [0.2, 0.25) is 5.02 Å². The van der Waals surface area contributed by atoms with Gasteiger partial charge in [-0.3, -0.25) is 13.9 Å². The molecule has 39 heavy (non-hydrogen) atoms. The van der Waals surface area contributed by atoms with Gasteiger partial charge < -0.3 is 10.2 Å². The maximum absolute atomic E-state index is 14.0. The van der Waals surface area contributed by atoms with Crippen LogP contribution < -0.4 is 9.62 Å². The molecule has 3 aromatic carbocycles. The number of hydrogen-bond donors (Lipinski definition) is 1. The molecule has 0 fully saturated rings. The molecule has 0 aliphatic heterocycles. The third kappa shape index (κ3) is 7.84. The maximum Gasteiger partial charge on any atom is 0.264 e. The summed E-state index contributed by atoms with van der Waals surface area (Å²) in [6.07, 6.45) is 0.732. The lowest BCUT2D eigenvalue weighted by Gasteiger charge is -2.33. The molecular weight excluding hydrogens is 602 g/mol. The van der Waals surface area contributed by atoms with E-state index in [-0.39, 0.29) is 23.4 Å². The highest BCUT2D eigenvalue weighted by Crippen LogP contribution is 2.30. The van der Waals surface area contributed by atoms with Gasteiger partial charge in [0.2, 0.25) is 11.8 Å². The zero-order valence-electron chi connectivity index (χ0n) is 22.4. The van der Waals surface area contributed by atoms with E-state index in [0.29, 0.717) is 16.3 Å². The van der Waals surface area contributed by atoms with E-state index in [1.807, 2.05) is 38.1 Å². The second kappa shape index (κ2) is 13.5. The zero-order valence-corrected chi connectivity index (χ0v) is 25.6. The third-order valence-electron chi connectivity index (χ3n) is 6.48. The molecule has 3 aromatic rings. The molecule has 0 aliphatic rings. The quantitative estimate of drug-likeness (QED) is 0.283. The van der Waals surface area contributed by atoms with Crippen LogP contribution in [0.1, 0.15) is 38.3 Å². The number of aryl methyl sites for hydroxylation is 1. The first-order chi connectivity index (χ1) is 18.4. The van der Waals surface area contributed by atoms with Crippen LogP contribution in [0.4, 0.5) is 5.69 Å². The Hall–Kier alpha value is -2.88. The Morgan fingerprint density at radius 2 is 1.64 bits per heavy atom. The van der Waals surface area contributed by atoms with Crippen LogP contribution in [0.15, 0.2) is 82.2 Å². The van der Waals surface area contributed by atoms with E-state index in [2.05, 4.69) is 21.2 Å². The lowest BCUT2D eigenvalue weighted by Crippen LogP contribution is -2.52. The number of carbonyl (C=O) groups is 2. The van der Waals surface area contributed by atoms with Gasteiger partial charge in [0, 0.05) is 22.1 Å². The summed E-state index contributed by atoms with van der Waals surface area (Å²) in [5, 5.41) is 3.26. The van der Waals surface area contributed by atoms with Crippen LogP contribution in [0.5, 0.6) is 0 Å². The Balaban J connectivity index is 2.05. The lowest BCUT2D eigenvalue weighted by atomic mass is 10.1. The summed E-state index contributed by atoms with van der Waals surface area (Å²) in [6, 6.07) is 19.3. The van der Waals surface area contributed by atoms with Crippen LogP contribution in [0, 0.1) is 6.92 Å². The van der Waals surface area contributed by atoms with Crippen LogP contribution in [0.25, 0.3) is 0 Å². The van der Waals surface area contributed by atoms with Crippen molar-refractivity contribution in [2.24, 2.45) is 0 Å². The number of nitrogens with zero attached hydrogens (tertiary/aromatic N) is 2. The second-order valence-electron chi connectivity index (χ2n) is 9.40. The number of nitrogens with one attached hydrogen (secondary N) is 1. The van der Waals surface area contributed by atoms with Gasteiger partial charge in [-0.05, 0) is 74.7 Å². The van der Waals surface area contributed by atoms with E-state index < -0.39 is 28.5 Å². The SMILES string of the molecule is CC[C@H](C)NC(=O)[C@H](C)N(Cc1ccc(Br)cc1)C(=O)CN(c1cc(Cl)ccc1C)S(=O)(=O)c1ccccc1. The normalized spacial score (nSPS) is 12.9. The summed E-state index contributed by atoms with van der Waals surface area (Å²) in [7, 11) is -4.15. The van der Waals surface area contributed by atoms with Crippen molar-refractivity contribution < 1.29 is 18.0 Å². The molecule has 0 saturated carbocycles. The molecule has 10 heteroatoms. The molecule has 7 nitrogen and oxygen atoms in total. The van der Waals surface area contributed by atoms with Gasteiger partial charge in [-0.15, -0.1) is 0 Å². The molecular formula is C29H33BrClN3O4S. The predicted molar refractivity (Wildman–Crippen MR) is 159 cm³/mol. The van der Waals surface area contributed by atoms with Crippen molar-refractivity contribution in [1.29, 1.82) is 0 Å². The topological polar surface area (TPSA) is 86.8 Å². The van der Waals surface area contributed by atoms with Gasteiger partial charge in [0.25, 0.3) is 10.0 Å². The molecule has 1 N–H and O–H groups in total. The van der Waals surface area contributed by atoms with Crippen molar-refractivity contribution in [3.8, 4) is 0 Å². The largest absolute Gasteiger partial charge is 0.352 e. The number of rotatable bonds is 11. The van der Waals surface area contributed by atoms with Gasteiger partial charge in [0.1, 0.15) is 12.6 Å². The fraction of sp³-hybridized carbons (Fsp3) is 0.310. The van der Waals surface area contributed by atoms with Crippen molar-refractivity contribution in [3.05, 3.63) is 93.4 Å². The van der Waals surface area contributed by atoms with Crippen LogP contribution in [-0.4, -0.2) is 43.8 Å². The fourth-order valence-corrected chi connectivity index (χ4v) is 5.84. The van der Waals surface area contributed by atoms with E-state index in [4.69, 9.17) is 11.6 Å². The first-order valence-corrected chi connectivity index (χ1v) is 15.2. The number of sulfonamides is 1. The van der Waals surface area contributed by atoms with Crippen molar-refractivity contribution in [2.45, 2.75) is 57.6 Å². The van der Waals surface area contributed by atoms with Crippen LogP contribution in [-0.2, 0) is 26.2 Å². The van der Waals surface area contributed by atoms with Crippen LogP contribution >= 0.6 is 27.5 Å². The Morgan fingerprint density at radius 3 is 2.26 bits per heavy atom. The summed E-state index contributed by atoms with van der Waals surface area (Å²) in [6.45, 7) is 6.85. The molecule has 0 bridgehead atoms. The minimum absolute atomic E-state index is 0.0409. The van der Waals surface area contributed by atoms with E-state index >= 15 is 0 Å². The van der Waals surface area contributed by atoms with Crippen LogP contribution in [0.3, 0.4) is 0 Å². The number of benzene rings is 3.